The van der Waals surface area contributed by atoms with Gasteiger partial charge < -0.3 is 5.11 Å². The van der Waals surface area contributed by atoms with E-state index in [4.69, 9.17) is 0 Å². The van der Waals surface area contributed by atoms with Gasteiger partial charge in [-0.05, 0) is 46.5 Å². The quantitative estimate of drug-likeness (QED) is 0.819. The van der Waals surface area contributed by atoms with Crippen LogP contribution in [0.4, 0.5) is 4.39 Å². The van der Waals surface area contributed by atoms with E-state index in [1.807, 2.05) is 6.08 Å². The Hall–Kier alpha value is -1.53. The van der Waals surface area contributed by atoms with E-state index in [0.29, 0.717) is 6.04 Å². The molecule has 0 spiro atoms. The lowest BCUT2D eigenvalue weighted by atomic mass is 10.1. The molecule has 1 aliphatic rings. The van der Waals surface area contributed by atoms with Crippen LogP contribution in [-0.2, 0) is 6.54 Å². The highest BCUT2D eigenvalue weighted by Crippen LogP contribution is 2.18. The first kappa shape index (κ1) is 18.3. The topological polar surface area (TPSA) is 26.7 Å². The summed E-state index contributed by atoms with van der Waals surface area (Å²) in [6.45, 7) is 5.09. The van der Waals surface area contributed by atoms with E-state index in [9.17, 15) is 9.50 Å². The van der Waals surface area contributed by atoms with Crippen LogP contribution in [0.15, 0.2) is 47.2 Å². The average Bonchev–Trinajstić information content (AvgIpc) is 3.12. The molecule has 1 aliphatic heterocycles. The molecule has 1 aromatic carbocycles. The van der Waals surface area contributed by atoms with Gasteiger partial charge in [0.05, 0.1) is 0 Å². The molecule has 3 nitrogen and oxygen atoms in total. The van der Waals surface area contributed by atoms with Crippen LogP contribution in [0, 0.1) is 5.82 Å². The molecule has 0 bridgehead atoms. The van der Waals surface area contributed by atoms with Crippen molar-refractivity contribution in [1.82, 2.24) is 9.80 Å². The molecule has 0 aliphatic carbocycles. The maximum absolute atomic E-state index is 12.9. The summed E-state index contributed by atoms with van der Waals surface area (Å²) in [7, 11) is 0. The van der Waals surface area contributed by atoms with Gasteiger partial charge in [-0.15, -0.1) is 0 Å². The van der Waals surface area contributed by atoms with Crippen molar-refractivity contribution in [3.05, 3.63) is 64.1 Å². The fourth-order valence-electron chi connectivity index (χ4n) is 3.28. The number of aliphatic hydroxyl groups is 1. The molecular formula is C20H25FN2OS. The Balaban J connectivity index is 1.53. The Morgan fingerprint density at radius 2 is 2.04 bits per heavy atom. The summed E-state index contributed by atoms with van der Waals surface area (Å²) in [5.74, 6) is -0.203. The monoisotopic (exact) mass is 360 g/mol. The molecule has 1 aromatic heterocycles. The second-order valence-electron chi connectivity index (χ2n) is 6.48. The van der Waals surface area contributed by atoms with Crippen LogP contribution in [0.3, 0.4) is 0 Å². The van der Waals surface area contributed by atoms with E-state index >= 15 is 0 Å². The minimum absolute atomic E-state index is 0.203. The molecule has 3 rings (SSSR count). The number of hydrogen-bond donors (Lipinski definition) is 1. The van der Waals surface area contributed by atoms with Crippen molar-refractivity contribution in [2.24, 2.45) is 0 Å². The van der Waals surface area contributed by atoms with Crippen LogP contribution in [0.25, 0.3) is 6.08 Å². The van der Waals surface area contributed by atoms with Crippen LogP contribution in [-0.4, -0.2) is 53.7 Å². The third-order valence-corrected chi connectivity index (χ3v) is 5.39. The van der Waals surface area contributed by atoms with E-state index in [1.165, 1.54) is 17.7 Å². The minimum Gasteiger partial charge on any atom is -0.396 e. The predicted molar refractivity (Wildman–Crippen MR) is 102 cm³/mol. The molecule has 2 aromatic rings. The van der Waals surface area contributed by atoms with Crippen molar-refractivity contribution in [3.63, 3.8) is 0 Å². The van der Waals surface area contributed by atoms with Crippen molar-refractivity contribution < 1.29 is 9.50 Å². The molecule has 0 radical (unpaired) electrons. The minimum atomic E-state index is -0.203. The molecule has 0 saturated carbocycles. The van der Waals surface area contributed by atoms with Crippen molar-refractivity contribution in [2.45, 2.75) is 19.0 Å². The number of aliphatic hydroxyl groups excluding tert-OH is 1. The number of halogens is 1. The molecule has 1 atom stereocenters. The van der Waals surface area contributed by atoms with Gasteiger partial charge in [0, 0.05) is 45.4 Å². The van der Waals surface area contributed by atoms with E-state index in [2.05, 4.69) is 32.7 Å². The predicted octanol–water partition coefficient (Wildman–Crippen LogP) is 3.47. The summed E-state index contributed by atoms with van der Waals surface area (Å²) in [6.07, 6.45) is 4.98. The van der Waals surface area contributed by atoms with Crippen molar-refractivity contribution in [1.29, 1.82) is 0 Å². The Morgan fingerprint density at radius 3 is 2.76 bits per heavy atom. The summed E-state index contributed by atoms with van der Waals surface area (Å²) < 4.78 is 12.9. The fourth-order valence-corrected chi connectivity index (χ4v) is 3.94. The zero-order valence-electron chi connectivity index (χ0n) is 14.4. The summed E-state index contributed by atoms with van der Waals surface area (Å²) >= 11 is 1.73. The first-order valence-electron chi connectivity index (χ1n) is 8.75. The summed E-state index contributed by atoms with van der Waals surface area (Å²) in [5.41, 5.74) is 2.38. The van der Waals surface area contributed by atoms with Gasteiger partial charge >= 0.3 is 0 Å². The van der Waals surface area contributed by atoms with Gasteiger partial charge in [0.15, 0.2) is 0 Å². The number of nitrogens with zero attached hydrogens (tertiary/aromatic N) is 2. The van der Waals surface area contributed by atoms with E-state index in [1.54, 1.807) is 23.5 Å². The zero-order chi connectivity index (χ0) is 17.5. The largest absolute Gasteiger partial charge is 0.396 e. The van der Waals surface area contributed by atoms with Crippen molar-refractivity contribution >= 4 is 17.4 Å². The summed E-state index contributed by atoms with van der Waals surface area (Å²) in [5, 5.41) is 13.7. The van der Waals surface area contributed by atoms with Gasteiger partial charge in [0.1, 0.15) is 5.82 Å². The fraction of sp³-hybridized carbons (Fsp3) is 0.400. The molecular weight excluding hydrogens is 335 g/mol. The third kappa shape index (κ3) is 5.47. The lowest BCUT2D eigenvalue weighted by Gasteiger charge is -2.41. The number of rotatable bonds is 7. The highest BCUT2D eigenvalue weighted by Gasteiger charge is 2.26. The second-order valence-corrected chi connectivity index (χ2v) is 7.26. The lowest BCUT2D eigenvalue weighted by Crippen LogP contribution is -2.52. The molecule has 1 fully saturated rings. The molecule has 2 heterocycles. The van der Waals surface area contributed by atoms with Crippen LogP contribution >= 0.6 is 11.3 Å². The number of thiophene rings is 1. The van der Waals surface area contributed by atoms with Gasteiger partial charge in [0.2, 0.25) is 0 Å². The lowest BCUT2D eigenvalue weighted by molar-refractivity contribution is 0.0598. The first-order valence-corrected chi connectivity index (χ1v) is 9.69. The van der Waals surface area contributed by atoms with Gasteiger partial charge in [-0.25, -0.2) is 4.39 Å². The standard InChI is InChI=1S/C20H25FN2OS/c21-19-5-3-17(4-6-19)2-1-9-22-10-11-23(20(15-22)7-12-24)14-18-8-13-25-16-18/h1-6,8,13,16,20,24H,7,9-12,14-15H2. The van der Waals surface area contributed by atoms with Crippen molar-refractivity contribution in [2.75, 3.05) is 32.8 Å². The Bertz CT molecular complexity index is 657. The zero-order valence-corrected chi connectivity index (χ0v) is 15.2. The maximum atomic E-state index is 12.9. The Labute approximate surface area is 153 Å². The second kappa shape index (κ2) is 9.25. The maximum Gasteiger partial charge on any atom is 0.123 e. The van der Waals surface area contributed by atoms with Gasteiger partial charge in [-0.1, -0.05) is 24.3 Å². The molecule has 25 heavy (non-hydrogen) atoms. The first-order chi connectivity index (χ1) is 12.2. The van der Waals surface area contributed by atoms with E-state index in [0.717, 1.165) is 44.7 Å². The van der Waals surface area contributed by atoms with Gasteiger partial charge in [-0.3, -0.25) is 9.80 Å². The average molecular weight is 360 g/mol. The molecule has 1 saturated heterocycles. The van der Waals surface area contributed by atoms with E-state index < -0.39 is 0 Å². The normalized spacial score (nSPS) is 19.7. The smallest absolute Gasteiger partial charge is 0.123 e. The van der Waals surface area contributed by atoms with Crippen LogP contribution in [0.5, 0.6) is 0 Å². The summed E-state index contributed by atoms with van der Waals surface area (Å²) in [4.78, 5) is 4.91. The number of benzene rings is 1. The van der Waals surface area contributed by atoms with Crippen molar-refractivity contribution in [3.8, 4) is 0 Å². The van der Waals surface area contributed by atoms with Gasteiger partial charge in [0.25, 0.3) is 0 Å². The third-order valence-electron chi connectivity index (χ3n) is 4.66. The van der Waals surface area contributed by atoms with Crippen LogP contribution in [0.1, 0.15) is 17.5 Å². The molecule has 134 valence electrons. The number of piperazine rings is 1. The Kier molecular flexibility index (Phi) is 6.76. The van der Waals surface area contributed by atoms with E-state index in [-0.39, 0.29) is 12.4 Å². The summed E-state index contributed by atoms with van der Waals surface area (Å²) in [6, 6.07) is 9.12. The highest BCUT2D eigenvalue weighted by atomic mass is 32.1. The molecule has 1 N–H and O–H groups in total. The molecule has 1 unspecified atom stereocenters. The SMILES string of the molecule is OCCC1CN(CC=Cc2ccc(F)cc2)CCN1Cc1ccsc1. The number of hydrogen-bond acceptors (Lipinski definition) is 4. The van der Waals surface area contributed by atoms with Crippen LogP contribution < -0.4 is 0 Å². The van der Waals surface area contributed by atoms with Crippen LogP contribution in [0.2, 0.25) is 0 Å². The Morgan fingerprint density at radius 1 is 1.20 bits per heavy atom. The molecule has 5 heteroatoms. The highest BCUT2D eigenvalue weighted by molar-refractivity contribution is 7.07. The van der Waals surface area contributed by atoms with Gasteiger partial charge in [-0.2, -0.15) is 11.3 Å². The molecule has 0 amide bonds.